The largest absolute Gasteiger partial charge is 0.353 e. The molecule has 1 aromatic rings. The van der Waals surface area contributed by atoms with E-state index < -0.39 is 0 Å². The maximum Gasteiger partial charge on any atom is 0.243 e. The SMILES string of the molecule is O=C(C=Cc1ccc(F)cc1)NCCCN1CCSCC1. The fraction of sp³-hybridized carbons (Fsp3) is 0.438. The van der Waals surface area contributed by atoms with E-state index >= 15 is 0 Å². The van der Waals surface area contributed by atoms with Crippen LogP contribution in [0.5, 0.6) is 0 Å². The Hall–Kier alpha value is -1.33. The molecule has 1 amide bonds. The quantitative estimate of drug-likeness (QED) is 0.647. The number of carbonyl (C=O) groups excluding carboxylic acids is 1. The van der Waals surface area contributed by atoms with Crippen molar-refractivity contribution in [3.63, 3.8) is 0 Å². The van der Waals surface area contributed by atoms with E-state index in [1.54, 1.807) is 18.2 Å². The minimum Gasteiger partial charge on any atom is -0.353 e. The molecule has 5 heteroatoms. The lowest BCUT2D eigenvalue weighted by molar-refractivity contribution is -0.116. The van der Waals surface area contributed by atoms with Crippen LogP contribution in [-0.2, 0) is 4.79 Å². The highest BCUT2D eigenvalue weighted by molar-refractivity contribution is 7.99. The summed E-state index contributed by atoms with van der Waals surface area (Å²) in [4.78, 5) is 14.1. The van der Waals surface area contributed by atoms with Crippen LogP contribution in [0.3, 0.4) is 0 Å². The second-order valence-corrected chi connectivity index (χ2v) is 6.21. The third-order valence-electron chi connectivity index (χ3n) is 3.35. The van der Waals surface area contributed by atoms with E-state index in [0.29, 0.717) is 6.54 Å². The standard InChI is InChI=1S/C16H21FN2OS/c17-15-5-2-14(3-6-15)4-7-16(20)18-8-1-9-19-10-12-21-13-11-19/h2-7H,1,8-13H2,(H,18,20). The van der Waals surface area contributed by atoms with Crippen molar-refractivity contribution >= 4 is 23.7 Å². The number of hydrogen-bond donors (Lipinski definition) is 1. The highest BCUT2D eigenvalue weighted by Crippen LogP contribution is 2.08. The van der Waals surface area contributed by atoms with Gasteiger partial charge >= 0.3 is 0 Å². The van der Waals surface area contributed by atoms with Crippen molar-refractivity contribution in [2.45, 2.75) is 6.42 Å². The Morgan fingerprint density at radius 1 is 1.29 bits per heavy atom. The number of benzene rings is 1. The number of thioether (sulfide) groups is 1. The molecule has 1 fully saturated rings. The van der Waals surface area contributed by atoms with Gasteiger partial charge in [0, 0.05) is 37.2 Å². The zero-order valence-corrected chi connectivity index (χ0v) is 12.9. The maximum atomic E-state index is 12.7. The molecule has 0 radical (unpaired) electrons. The molecule has 0 aromatic heterocycles. The first-order chi connectivity index (χ1) is 10.2. The molecule has 1 aliphatic heterocycles. The zero-order chi connectivity index (χ0) is 14.9. The van der Waals surface area contributed by atoms with Crippen LogP contribution in [-0.4, -0.2) is 48.5 Å². The van der Waals surface area contributed by atoms with Crippen LogP contribution in [0.2, 0.25) is 0 Å². The normalized spacial score (nSPS) is 16.2. The highest BCUT2D eigenvalue weighted by Gasteiger charge is 2.09. The molecule has 0 aliphatic carbocycles. The lowest BCUT2D eigenvalue weighted by atomic mass is 10.2. The summed E-state index contributed by atoms with van der Waals surface area (Å²) in [5.41, 5.74) is 0.817. The van der Waals surface area contributed by atoms with E-state index in [-0.39, 0.29) is 11.7 Å². The predicted molar refractivity (Wildman–Crippen MR) is 86.8 cm³/mol. The molecule has 1 heterocycles. The van der Waals surface area contributed by atoms with Crippen molar-refractivity contribution in [1.82, 2.24) is 10.2 Å². The van der Waals surface area contributed by atoms with Gasteiger partial charge in [-0.25, -0.2) is 4.39 Å². The van der Waals surface area contributed by atoms with Crippen LogP contribution < -0.4 is 5.32 Å². The van der Waals surface area contributed by atoms with Gasteiger partial charge < -0.3 is 10.2 Å². The predicted octanol–water partition coefficient (Wildman–Crippen LogP) is 2.39. The Kier molecular flexibility index (Phi) is 6.76. The van der Waals surface area contributed by atoms with Crippen molar-refractivity contribution in [1.29, 1.82) is 0 Å². The number of amides is 1. The van der Waals surface area contributed by atoms with Gasteiger partial charge in [0.2, 0.25) is 5.91 Å². The molecule has 0 atom stereocenters. The maximum absolute atomic E-state index is 12.7. The summed E-state index contributed by atoms with van der Waals surface area (Å²) < 4.78 is 12.7. The molecule has 1 saturated heterocycles. The Bertz CT molecular complexity index is 470. The molecule has 1 aromatic carbocycles. The fourth-order valence-electron chi connectivity index (χ4n) is 2.14. The van der Waals surface area contributed by atoms with E-state index in [1.807, 2.05) is 11.8 Å². The molecule has 0 saturated carbocycles. The minimum absolute atomic E-state index is 0.103. The van der Waals surface area contributed by atoms with Gasteiger partial charge in [0.05, 0.1) is 0 Å². The molecule has 1 N–H and O–H groups in total. The number of halogens is 1. The molecule has 3 nitrogen and oxygen atoms in total. The third-order valence-corrected chi connectivity index (χ3v) is 4.29. The van der Waals surface area contributed by atoms with Crippen LogP contribution in [0.15, 0.2) is 30.3 Å². The average molecular weight is 308 g/mol. The number of nitrogens with zero attached hydrogens (tertiary/aromatic N) is 1. The molecular weight excluding hydrogens is 287 g/mol. The van der Waals surface area contributed by atoms with Gasteiger partial charge in [-0.05, 0) is 36.7 Å². The molecule has 21 heavy (non-hydrogen) atoms. The third kappa shape index (κ3) is 6.31. The lowest BCUT2D eigenvalue weighted by Crippen LogP contribution is -2.35. The number of carbonyl (C=O) groups is 1. The van der Waals surface area contributed by atoms with Gasteiger partial charge in [0.1, 0.15) is 5.82 Å². The van der Waals surface area contributed by atoms with Gasteiger partial charge in [-0.15, -0.1) is 0 Å². The lowest BCUT2D eigenvalue weighted by Gasteiger charge is -2.25. The Balaban J connectivity index is 1.61. The van der Waals surface area contributed by atoms with E-state index in [9.17, 15) is 9.18 Å². The van der Waals surface area contributed by atoms with Crippen molar-refractivity contribution in [3.05, 3.63) is 41.7 Å². The molecule has 0 unspecified atom stereocenters. The topological polar surface area (TPSA) is 32.3 Å². The summed E-state index contributed by atoms with van der Waals surface area (Å²) >= 11 is 2.00. The Morgan fingerprint density at radius 2 is 2.00 bits per heavy atom. The summed E-state index contributed by atoms with van der Waals surface area (Å²) in [6.45, 7) is 4.05. The molecule has 0 bridgehead atoms. The summed E-state index contributed by atoms with van der Waals surface area (Å²) in [7, 11) is 0. The van der Waals surface area contributed by atoms with Gasteiger partial charge in [-0.1, -0.05) is 12.1 Å². The first-order valence-electron chi connectivity index (χ1n) is 7.25. The first-order valence-corrected chi connectivity index (χ1v) is 8.41. The second kappa shape index (κ2) is 8.85. The first kappa shape index (κ1) is 16.0. The van der Waals surface area contributed by atoms with Gasteiger partial charge in [-0.3, -0.25) is 4.79 Å². The molecule has 2 rings (SSSR count). The Labute approximate surface area is 129 Å². The monoisotopic (exact) mass is 308 g/mol. The van der Waals surface area contributed by atoms with Crippen molar-refractivity contribution in [2.75, 3.05) is 37.7 Å². The number of rotatable bonds is 6. The fourth-order valence-corrected chi connectivity index (χ4v) is 3.12. The number of nitrogens with one attached hydrogen (secondary N) is 1. The van der Waals surface area contributed by atoms with Gasteiger partial charge in [-0.2, -0.15) is 11.8 Å². The van der Waals surface area contributed by atoms with Crippen LogP contribution in [0.1, 0.15) is 12.0 Å². The summed E-state index contributed by atoms with van der Waals surface area (Å²) in [6.07, 6.45) is 4.15. The minimum atomic E-state index is -0.271. The van der Waals surface area contributed by atoms with Crippen LogP contribution >= 0.6 is 11.8 Å². The molecule has 0 spiro atoms. The highest BCUT2D eigenvalue weighted by atomic mass is 32.2. The van der Waals surface area contributed by atoms with Crippen LogP contribution in [0.4, 0.5) is 4.39 Å². The summed E-state index contributed by atoms with van der Waals surface area (Å²) in [6, 6.07) is 6.06. The summed E-state index contributed by atoms with van der Waals surface area (Å²) in [5, 5.41) is 2.87. The second-order valence-electron chi connectivity index (χ2n) is 4.98. The van der Waals surface area contributed by atoms with E-state index in [2.05, 4.69) is 10.2 Å². The van der Waals surface area contributed by atoms with Crippen LogP contribution in [0.25, 0.3) is 6.08 Å². The van der Waals surface area contributed by atoms with Gasteiger partial charge in [0.25, 0.3) is 0 Å². The average Bonchev–Trinajstić information content (AvgIpc) is 2.52. The zero-order valence-electron chi connectivity index (χ0n) is 12.1. The van der Waals surface area contributed by atoms with Crippen molar-refractivity contribution in [2.24, 2.45) is 0 Å². The van der Waals surface area contributed by atoms with Crippen molar-refractivity contribution < 1.29 is 9.18 Å². The smallest absolute Gasteiger partial charge is 0.243 e. The molecule has 114 valence electrons. The van der Waals surface area contributed by atoms with Crippen LogP contribution in [0, 0.1) is 5.82 Å². The molecular formula is C16H21FN2OS. The van der Waals surface area contributed by atoms with Gasteiger partial charge in [0.15, 0.2) is 0 Å². The summed E-state index contributed by atoms with van der Waals surface area (Å²) in [5.74, 6) is 2.06. The van der Waals surface area contributed by atoms with E-state index in [4.69, 9.17) is 0 Å². The van der Waals surface area contributed by atoms with E-state index in [0.717, 1.165) is 31.6 Å². The molecule has 1 aliphatic rings. The van der Waals surface area contributed by atoms with E-state index in [1.165, 1.54) is 29.7 Å². The van der Waals surface area contributed by atoms with Crippen molar-refractivity contribution in [3.8, 4) is 0 Å². The number of hydrogen-bond acceptors (Lipinski definition) is 3. The Morgan fingerprint density at radius 3 is 2.71 bits per heavy atom.